The fraction of sp³-hybridized carbons (Fsp3) is 0.188. The van der Waals surface area contributed by atoms with E-state index in [9.17, 15) is 13.6 Å². The molecule has 0 aromatic heterocycles. The average molecular weight is 321 g/mol. The zero-order valence-corrected chi connectivity index (χ0v) is 12.0. The van der Waals surface area contributed by atoms with E-state index in [1.807, 2.05) is 0 Å². The van der Waals surface area contributed by atoms with E-state index in [0.29, 0.717) is 17.2 Å². The number of benzene rings is 2. The molecule has 0 aliphatic carbocycles. The van der Waals surface area contributed by atoms with Crippen molar-refractivity contribution in [3.05, 3.63) is 53.6 Å². The zero-order valence-electron chi connectivity index (χ0n) is 12.0. The Morgan fingerprint density at radius 1 is 1.13 bits per heavy atom. The van der Waals surface area contributed by atoms with Crippen LogP contribution >= 0.6 is 0 Å². The van der Waals surface area contributed by atoms with Crippen LogP contribution in [0.25, 0.3) is 0 Å². The van der Waals surface area contributed by atoms with Gasteiger partial charge in [0, 0.05) is 6.07 Å². The van der Waals surface area contributed by atoms with E-state index in [2.05, 4.69) is 5.32 Å². The van der Waals surface area contributed by atoms with Crippen LogP contribution in [-0.4, -0.2) is 25.9 Å². The highest BCUT2D eigenvalue weighted by atomic mass is 19.1. The van der Waals surface area contributed by atoms with Crippen molar-refractivity contribution in [3.8, 4) is 17.2 Å². The number of hydrogen-bond acceptors (Lipinski definition) is 4. The van der Waals surface area contributed by atoms with Crippen molar-refractivity contribution < 1.29 is 27.8 Å². The molecular weight excluding hydrogens is 308 g/mol. The number of nitrogens with one attached hydrogen (secondary N) is 1. The van der Waals surface area contributed by atoms with Crippen molar-refractivity contribution in [2.75, 3.05) is 19.9 Å². The Kier molecular flexibility index (Phi) is 4.27. The molecule has 1 aliphatic rings. The quantitative estimate of drug-likeness (QED) is 0.860. The molecule has 0 spiro atoms. The Hall–Kier alpha value is -2.83. The predicted molar refractivity (Wildman–Crippen MR) is 76.8 cm³/mol. The minimum Gasteiger partial charge on any atom is -0.492 e. The van der Waals surface area contributed by atoms with E-state index < -0.39 is 23.1 Å². The van der Waals surface area contributed by atoms with Crippen LogP contribution in [0, 0.1) is 11.6 Å². The van der Waals surface area contributed by atoms with E-state index in [1.165, 1.54) is 6.07 Å². The van der Waals surface area contributed by atoms with Crippen molar-refractivity contribution in [2.45, 2.75) is 0 Å². The fourth-order valence-electron chi connectivity index (χ4n) is 2.10. The monoisotopic (exact) mass is 321 g/mol. The lowest BCUT2D eigenvalue weighted by Crippen LogP contribution is -2.29. The van der Waals surface area contributed by atoms with E-state index in [0.717, 1.165) is 12.1 Å². The summed E-state index contributed by atoms with van der Waals surface area (Å²) in [7, 11) is 0. The normalized spacial score (nSPS) is 12.1. The van der Waals surface area contributed by atoms with E-state index in [4.69, 9.17) is 14.2 Å². The third-order valence-corrected chi connectivity index (χ3v) is 3.19. The van der Waals surface area contributed by atoms with Crippen LogP contribution in [0.1, 0.15) is 10.4 Å². The lowest BCUT2D eigenvalue weighted by molar-refractivity contribution is 0.0938. The van der Waals surface area contributed by atoms with E-state index in [-0.39, 0.29) is 19.9 Å². The van der Waals surface area contributed by atoms with Gasteiger partial charge in [0.25, 0.3) is 5.91 Å². The molecule has 2 aromatic rings. The zero-order chi connectivity index (χ0) is 16.2. The first-order chi connectivity index (χ1) is 11.1. The van der Waals surface area contributed by atoms with Gasteiger partial charge >= 0.3 is 0 Å². The second-order valence-corrected chi connectivity index (χ2v) is 4.72. The third-order valence-electron chi connectivity index (χ3n) is 3.19. The molecule has 120 valence electrons. The number of fused-ring (bicyclic) bond motifs is 1. The number of amides is 1. The molecule has 5 nitrogen and oxygen atoms in total. The van der Waals surface area contributed by atoms with Crippen LogP contribution in [-0.2, 0) is 0 Å². The molecule has 0 radical (unpaired) electrons. The second kappa shape index (κ2) is 6.51. The van der Waals surface area contributed by atoms with Gasteiger partial charge in [0.2, 0.25) is 6.79 Å². The van der Waals surface area contributed by atoms with Gasteiger partial charge in [-0.3, -0.25) is 4.79 Å². The van der Waals surface area contributed by atoms with Gasteiger partial charge in [0.1, 0.15) is 29.6 Å². The molecule has 1 amide bonds. The van der Waals surface area contributed by atoms with Gasteiger partial charge in [-0.2, -0.15) is 0 Å². The van der Waals surface area contributed by atoms with Crippen LogP contribution in [0.15, 0.2) is 36.4 Å². The number of hydrogen-bond donors (Lipinski definition) is 1. The van der Waals surface area contributed by atoms with Crippen molar-refractivity contribution in [3.63, 3.8) is 0 Å². The van der Waals surface area contributed by atoms with Gasteiger partial charge in [-0.1, -0.05) is 6.07 Å². The van der Waals surface area contributed by atoms with Gasteiger partial charge in [-0.05, 0) is 24.3 Å². The van der Waals surface area contributed by atoms with Crippen molar-refractivity contribution in [1.29, 1.82) is 0 Å². The van der Waals surface area contributed by atoms with Gasteiger partial charge in [0.15, 0.2) is 11.5 Å². The molecule has 0 unspecified atom stereocenters. The van der Waals surface area contributed by atoms with Crippen LogP contribution in [0.4, 0.5) is 8.78 Å². The Balaban J connectivity index is 1.51. The first-order valence-corrected chi connectivity index (χ1v) is 6.90. The Morgan fingerprint density at radius 3 is 2.65 bits per heavy atom. The predicted octanol–water partition coefficient (Wildman–Crippen LogP) is 2.50. The fourth-order valence-corrected chi connectivity index (χ4v) is 2.10. The molecule has 23 heavy (non-hydrogen) atoms. The second-order valence-electron chi connectivity index (χ2n) is 4.72. The summed E-state index contributed by atoms with van der Waals surface area (Å²) in [4.78, 5) is 11.8. The highest BCUT2D eigenvalue weighted by Crippen LogP contribution is 2.34. The molecule has 3 rings (SSSR count). The molecule has 0 fully saturated rings. The Labute approximate surface area is 130 Å². The summed E-state index contributed by atoms with van der Waals surface area (Å²) >= 11 is 0. The number of carbonyl (C=O) groups excluding carboxylic acids is 1. The van der Waals surface area contributed by atoms with Gasteiger partial charge in [-0.25, -0.2) is 8.78 Å². The molecular formula is C16H13F2NO4. The van der Waals surface area contributed by atoms with Crippen LogP contribution in [0.2, 0.25) is 0 Å². The minimum absolute atomic E-state index is 0.0983. The SMILES string of the molecule is O=C(NCCOc1ccc2c(c1)OCO2)c1c(F)cccc1F. The highest BCUT2D eigenvalue weighted by molar-refractivity contribution is 5.94. The topological polar surface area (TPSA) is 56.8 Å². The molecule has 0 saturated heterocycles. The smallest absolute Gasteiger partial charge is 0.257 e. The summed E-state index contributed by atoms with van der Waals surface area (Å²) < 4.78 is 42.7. The molecule has 1 N–H and O–H groups in total. The summed E-state index contributed by atoms with van der Waals surface area (Å²) in [6.07, 6.45) is 0. The number of halogens is 2. The molecule has 0 bridgehead atoms. The maximum absolute atomic E-state index is 13.4. The highest BCUT2D eigenvalue weighted by Gasteiger charge is 2.16. The lowest BCUT2D eigenvalue weighted by atomic mass is 10.2. The molecule has 1 heterocycles. The standard InChI is InChI=1S/C16H13F2NO4/c17-11-2-1-3-12(18)15(11)16(20)19-6-7-21-10-4-5-13-14(8-10)23-9-22-13/h1-5,8H,6-7,9H2,(H,19,20). The summed E-state index contributed by atoms with van der Waals surface area (Å²) in [6, 6.07) is 8.34. The Morgan fingerprint density at radius 2 is 1.87 bits per heavy atom. The molecule has 1 aliphatic heterocycles. The van der Waals surface area contributed by atoms with Crippen LogP contribution < -0.4 is 19.5 Å². The summed E-state index contributed by atoms with van der Waals surface area (Å²) in [6.45, 7) is 0.408. The summed E-state index contributed by atoms with van der Waals surface area (Å²) in [5, 5.41) is 2.40. The Bertz CT molecular complexity index is 716. The van der Waals surface area contributed by atoms with Crippen molar-refractivity contribution in [1.82, 2.24) is 5.32 Å². The lowest BCUT2D eigenvalue weighted by Gasteiger charge is -2.09. The van der Waals surface area contributed by atoms with E-state index >= 15 is 0 Å². The first kappa shape index (κ1) is 15.1. The van der Waals surface area contributed by atoms with Crippen molar-refractivity contribution >= 4 is 5.91 Å². The minimum atomic E-state index is -0.904. The molecule has 7 heteroatoms. The maximum Gasteiger partial charge on any atom is 0.257 e. The number of carbonyl (C=O) groups is 1. The van der Waals surface area contributed by atoms with Gasteiger partial charge < -0.3 is 19.5 Å². The largest absolute Gasteiger partial charge is 0.492 e. The first-order valence-electron chi connectivity index (χ1n) is 6.90. The maximum atomic E-state index is 13.4. The molecule has 0 saturated carbocycles. The van der Waals surface area contributed by atoms with Gasteiger partial charge in [-0.15, -0.1) is 0 Å². The van der Waals surface area contributed by atoms with Crippen molar-refractivity contribution in [2.24, 2.45) is 0 Å². The summed E-state index contributed by atoms with van der Waals surface area (Å²) in [5.41, 5.74) is -0.601. The molecule has 2 aromatic carbocycles. The number of rotatable bonds is 5. The van der Waals surface area contributed by atoms with E-state index in [1.54, 1.807) is 18.2 Å². The van der Waals surface area contributed by atoms with Gasteiger partial charge in [0.05, 0.1) is 6.54 Å². The van der Waals surface area contributed by atoms with Crippen LogP contribution in [0.3, 0.4) is 0 Å². The molecule has 0 atom stereocenters. The van der Waals surface area contributed by atoms with Crippen LogP contribution in [0.5, 0.6) is 17.2 Å². The average Bonchev–Trinajstić information content (AvgIpc) is 2.99. The third kappa shape index (κ3) is 3.33. The number of ether oxygens (including phenoxy) is 3. The summed E-state index contributed by atoms with van der Waals surface area (Å²) in [5.74, 6) is -0.866.